The molecular weight excluding hydrogens is 406 g/mol. The Kier molecular flexibility index (Phi) is 6.66. The number of ether oxygens (including phenoxy) is 2. The van der Waals surface area contributed by atoms with Crippen molar-refractivity contribution in [3.05, 3.63) is 72.2 Å². The van der Waals surface area contributed by atoms with Gasteiger partial charge < -0.3 is 24.5 Å². The van der Waals surface area contributed by atoms with Crippen LogP contribution in [0.2, 0.25) is 0 Å². The summed E-state index contributed by atoms with van der Waals surface area (Å²) in [4.78, 5) is 24.6. The van der Waals surface area contributed by atoms with Crippen molar-refractivity contribution in [3.63, 3.8) is 0 Å². The van der Waals surface area contributed by atoms with Crippen molar-refractivity contribution in [2.45, 2.75) is 0 Å². The number of amides is 2. The number of carbonyl (C=O) groups is 2. The van der Waals surface area contributed by atoms with Crippen molar-refractivity contribution in [1.29, 1.82) is 0 Å². The van der Waals surface area contributed by atoms with Gasteiger partial charge in [-0.2, -0.15) is 0 Å². The highest BCUT2D eigenvalue weighted by Crippen LogP contribution is 2.24. The molecule has 0 saturated heterocycles. The van der Waals surface area contributed by atoms with Gasteiger partial charge in [0.1, 0.15) is 11.5 Å². The SMILES string of the molecule is COc1ccc(C(=O)NC(=S)Nc2cccc(NC(=O)c3ccco3)c2)c(OC)c1. The smallest absolute Gasteiger partial charge is 0.291 e. The van der Waals surface area contributed by atoms with Crippen LogP contribution in [0.5, 0.6) is 11.5 Å². The Morgan fingerprint density at radius 3 is 2.33 bits per heavy atom. The minimum Gasteiger partial charge on any atom is -0.497 e. The molecule has 0 bridgehead atoms. The highest BCUT2D eigenvalue weighted by atomic mass is 32.1. The highest BCUT2D eigenvalue weighted by molar-refractivity contribution is 7.80. The third-order valence-corrected chi connectivity index (χ3v) is 4.21. The standard InChI is InChI=1S/C21H19N3O5S/c1-27-15-8-9-16(18(12-15)28-2)19(25)24-21(30)23-14-6-3-5-13(11-14)22-20(26)17-7-4-10-29-17/h3-12H,1-2H3,(H,22,26)(H2,23,24,25,30). The molecule has 154 valence electrons. The minimum absolute atomic E-state index is 0.0902. The van der Waals surface area contributed by atoms with Crippen LogP contribution in [0.1, 0.15) is 20.9 Å². The van der Waals surface area contributed by atoms with Crippen molar-refractivity contribution in [1.82, 2.24) is 5.32 Å². The Balaban J connectivity index is 1.63. The van der Waals surface area contributed by atoms with Crippen LogP contribution in [-0.4, -0.2) is 31.1 Å². The summed E-state index contributed by atoms with van der Waals surface area (Å²) >= 11 is 5.23. The van der Waals surface area contributed by atoms with Crippen molar-refractivity contribution >= 4 is 40.5 Å². The third kappa shape index (κ3) is 5.15. The zero-order valence-corrected chi connectivity index (χ0v) is 17.0. The maximum absolute atomic E-state index is 12.5. The molecule has 2 amide bonds. The number of hydrogen-bond donors (Lipinski definition) is 3. The van der Waals surface area contributed by atoms with E-state index in [2.05, 4.69) is 16.0 Å². The first-order valence-electron chi connectivity index (χ1n) is 8.79. The summed E-state index contributed by atoms with van der Waals surface area (Å²) in [6.45, 7) is 0. The van der Waals surface area contributed by atoms with Crippen LogP contribution < -0.4 is 25.4 Å². The first-order chi connectivity index (χ1) is 14.5. The summed E-state index contributed by atoms with van der Waals surface area (Å²) in [5, 5.41) is 8.32. The van der Waals surface area contributed by atoms with Crippen LogP contribution in [-0.2, 0) is 0 Å². The molecule has 9 heteroatoms. The first-order valence-corrected chi connectivity index (χ1v) is 9.20. The molecule has 3 rings (SSSR count). The Morgan fingerprint density at radius 1 is 0.900 bits per heavy atom. The van der Waals surface area contributed by atoms with E-state index in [0.29, 0.717) is 28.4 Å². The van der Waals surface area contributed by atoms with Crippen molar-refractivity contribution in [3.8, 4) is 11.5 Å². The van der Waals surface area contributed by atoms with Crippen molar-refractivity contribution in [2.75, 3.05) is 24.9 Å². The average molecular weight is 425 g/mol. The molecule has 30 heavy (non-hydrogen) atoms. The minimum atomic E-state index is -0.436. The molecule has 2 aromatic carbocycles. The molecule has 0 atom stereocenters. The van der Waals surface area contributed by atoms with Crippen molar-refractivity contribution in [2.24, 2.45) is 0 Å². The normalized spacial score (nSPS) is 10.1. The number of thiocarbonyl (C=S) groups is 1. The predicted molar refractivity (Wildman–Crippen MR) is 116 cm³/mol. The molecule has 8 nitrogen and oxygen atoms in total. The van der Waals surface area contributed by atoms with E-state index in [-0.39, 0.29) is 16.8 Å². The predicted octanol–water partition coefficient (Wildman–Crippen LogP) is 3.68. The summed E-state index contributed by atoms with van der Waals surface area (Å²) in [6.07, 6.45) is 1.42. The molecule has 0 saturated carbocycles. The van der Waals surface area contributed by atoms with Crippen molar-refractivity contribution < 1.29 is 23.5 Å². The monoisotopic (exact) mass is 425 g/mol. The van der Waals surface area contributed by atoms with E-state index in [1.54, 1.807) is 54.6 Å². The second kappa shape index (κ2) is 9.57. The molecule has 0 fully saturated rings. The molecule has 0 aliphatic rings. The van der Waals surface area contributed by atoms with E-state index in [4.69, 9.17) is 26.1 Å². The average Bonchev–Trinajstić information content (AvgIpc) is 3.28. The largest absolute Gasteiger partial charge is 0.497 e. The Bertz CT molecular complexity index is 1070. The summed E-state index contributed by atoms with van der Waals surface area (Å²) in [5.74, 6) is 0.313. The molecule has 3 N–H and O–H groups in total. The number of hydrogen-bond acceptors (Lipinski definition) is 6. The lowest BCUT2D eigenvalue weighted by molar-refractivity contribution is 0.0972. The number of carbonyl (C=O) groups excluding carboxylic acids is 2. The van der Waals surface area contributed by atoms with Crippen LogP contribution in [0.25, 0.3) is 0 Å². The van der Waals surface area contributed by atoms with Crippen LogP contribution >= 0.6 is 12.2 Å². The molecular formula is C21H19N3O5S. The van der Waals surface area contributed by atoms with E-state index in [1.807, 2.05) is 0 Å². The lowest BCUT2D eigenvalue weighted by Crippen LogP contribution is -2.34. The summed E-state index contributed by atoms with van der Waals surface area (Å²) in [7, 11) is 2.99. The Morgan fingerprint density at radius 2 is 1.67 bits per heavy atom. The summed E-state index contributed by atoms with van der Waals surface area (Å²) in [5.41, 5.74) is 1.42. The van der Waals surface area contributed by atoms with Gasteiger partial charge in [-0.3, -0.25) is 14.9 Å². The highest BCUT2D eigenvalue weighted by Gasteiger charge is 2.15. The number of furan rings is 1. The topological polar surface area (TPSA) is 102 Å². The number of anilines is 2. The number of rotatable bonds is 6. The number of nitrogens with one attached hydrogen (secondary N) is 3. The van der Waals surface area contributed by atoms with Gasteiger partial charge in [-0.05, 0) is 54.7 Å². The van der Waals surface area contributed by atoms with E-state index >= 15 is 0 Å². The molecule has 1 heterocycles. The first kappa shape index (κ1) is 20.9. The quantitative estimate of drug-likeness (QED) is 0.518. The van der Waals surface area contributed by atoms with E-state index in [9.17, 15) is 9.59 Å². The fourth-order valence-electron chi connectivity index (χ4n) is 2.59. The van der Waals surface area contributed by atoms with Gasteiger partial charge in [0.15, 0.2) is 10.9 Å². The lowest BCUT2D eigenvalue weighted by atomic mass is 10.2. The van der Waals surface area contributed by atoms with Gasteiger partial charge in [0, 0.05) is 17.4 Å². The van der Waals surface area contributed by atoms with E-state index < -0.39 is 5.91 Å². The van der Waals surface area contributed by atoms with Crippen LogP contribution in [0, 0.1) is 0 Å². The maximum atomic E-state index is 12.5. The van der Waals surface area contributed by atoms with Gasteiger partial charge in [-0.1, -0.05) is 6.07 Å². The summed E-state index contributed by atoms with van der Waals surface area (Å²) in [6, 6.07) is 14.9. The van der Waals surface area contributed by atoms with Crippen LogP contribution in [0.4, 0.5) is 11.4 Å². The molecule has 0 radical (unpaired) electrons. The van der Waals surface area contributed by atoms with E-state index in [1.165, 1.54) is 20.5 Å². The molecule has 0 aliphatic heterocycles. The van der Waals surface area contributed by atoms with E-state index in [0.717, 1.165) is 0 Å². The zero-order chi connectivity index (χ0) is 21.5. The van der Waals surface area contributed by atoms with Gasteiger partial charge in [0.2, 0.25) is 0 Å². The fourth-order valence-corrected chi connectivity index (χ4v) is 2.80. The fraction of sp³-hybridized carbons (Fsp3) is 0.0952. The van der Waals surface area contributed by atoms with Gasteiger partial charge >= 0.3 is 0 Å². The van der Waals surface area contributed by atoms with Gasteiger partial charge in [0.25, 0.3) is 11.8 Å². The van der Waals surface area contributed by atoms with Crippen LogP contribution in [0.15, 0.2) is 65.3 Å². The molecule has 3 aromatic rings. The molecule has 0 unspecified atom stereocenters. The molecule has 0 spiro atoms. The van der Waals surface area contributed by atoms with Gasteiger partial charge in [-0.15, -0.1) is 0 Å². The van der Waals surface area contributed by atoms with Gasteiger partial charge in [0.05, 0.1) is 26.0 Å². The second-order valence-corrected chi connectivity index (χ2v) is 6.39. The summed E-state index contributed by atoms with van der Waals surface area (Å²) < 4.78 is 15.4. The second-order valence-electron chi connectivity index (χ2n) is 5.99. The zero-order valence-electron chi connectivity index (χ0n) is 16.2. The van der Waals surface area contributed by atoms with Crippen LogP contribution in [0.3, 0.4) is 0 Å². The molecule has 0 aliphatic carbocycles. The lowest BCUT2D eigenvalue weighted by Gasteiger charge is -2.13. The maximum Gasteiger partial charge on any atom is 0.291 e. The van der Waals surface area contributed by atoms with Gasteiger partial charge in [-0.25, -0.2) is 0 Å². The number of methoxy groups -OCH3 is 2. The Hall–Kier alpha value is -3.85. The Labute approximate surface area is 178 Å². The third-order valence-electron chi connectivity index (χ3n) is 4.00. The molecule has 1 aromatic heterocycles. The number of benzene rings is 2.